The van der Waals surface area contributed by atoms with E-state index in [9.17, 15) is 14.3 Å². The number of nitrogens with zero attached hydrogens (tertiary/aromatic N) is 4. The third kappa shape index (κ3) is 3.07. The van der Waals surface area contributed by atoms with E-state index in [2.05, 4.69) is 20.4 Å². The average molecular weight is 395 g/mol. The lowest BCUT2D eigenvalue weighted by molar-refractivity contribution is -0.0702. The third-order valence-electron chi connectivity index (χ3n) is 6.50. The predicted molar refractivity (Wildman–Crippen MR) is 104 cm³/mol. The van der Waals surface area contributed by atoms with Gasteiger partial charge in [0.2, 0.25) is 0 Å². The minimum atomic E-state index is -0.540. The maximum atomic E-state index is 13.7. The fourth-order valence-electron chi connectivity index (χ4n) is 4.61. The molecule has 3 fully saturated rings. The monoisotopic (exact) mass is 395 g/mol. The van der Waals surface area contributed by atoms with Gasteiger partial charge in [-0.15, -0.1) is 0 Å². The highest BCUT2D eigenvalue weighted by Crippen LogP contribution is 2.46. The molecule has 2 bridgehead atoms. The van der Waals surface area contributed by atoms with Crippen molar-refractivity contribution >= 4 is 16.8 Å². The minimum absolute atomic E-state index is 0.212. The summed E-state index contributed by atoms with van der Waals surface area (Å²) < 4.78 is 15.2. The normalized spacial score (nSPS) is 26.0. The molecule has 0 saturated heterocycles. The highest BCUT2D eigenvalue weighted by atomic mass is 19.1. The molecule has 7 nitrogen and oxygen atoms in total. The molecule has 0 radical (unpaired) electrons. The van der Waals surface area contributed by atoms with E-state index in [4.69, 9.17) is 0 Å². The number of rotatable bonds is 3. The molecule has 0 unspecified atom stereocenters. The minimum Gasteiger partial charge on any atom is -0.390 e. The second-order valence-electron chi connectivity index (χ2n) is 8.39. The van der Waals surface area contributed by atoms with Crippen LogP contribution in [0.15, 0.2) is 30.6 Å². The smallest absolute Gasteiger partial charge is 0.254 e. The summed E-state index contributed by atoms with van der Waals surface area (Å²) in [5, 5.41) is 18.7. The highest BCUT2D eigenvalue weighted by molar-refractivity contribution is 5.94. The van der Waals surface area contributed by atoms with Gasteiger partial charge < -0.3 is 10.4 Å². The molecule has 2 heterocycles. The van der Waals surface area contributed by atoms with Crippen LogP contribution in [0.5, 0.6) is 0 Å². The quantitative estimate of drug-likeness (QED) is 0.711. The first-order valence-corrected chi connectivity index (χ1v) is 9.89. The van der Waals surface area contributed by atoms with E-state index in [1.165, 1.54) is 29.2 Å². The zero-order valence-corrected chi connectivity index (χ0v) is 16.2. The molecule has 3 aliphatic carbocycles. The van der Waals surface area contributed by atoms with Crippen molar-refractivity contribution in [3.63, 3.8) is 0 Å². The van der Waals surface area contributed by atoms with Crippen molar-refractivity contribution in [2.24, 2.45) is 0 Å². The molecule has 2 N–H and O–H groups in total. The Kier molecular flexibility index (Phi) is 3.96. The van der Waals surface area contributed by atoms with Crippen molar-refractivity contribution in [2.75, 3.05) is 0 Å². The van der Waals surface area contributed by atoms with Crippen molar-refractivity contribution in [2.45, 2.75) is 56.6 Å². The first-order chi connectivity index (χ1) is 13.9. The van der Waals surface area contributed by atoms with Gasteiger partial charge in [0.25, 0.3) is 11.9 Å². The zero-order valence-electron chi connectivity index (χ0n) is 16.2. The number of hydrogen-bond acceptors (Lipinski definition) is 5. The number of fused-ring (bicyclic) bond motifs is 4. The summed E-state index contributed by atoms with van der Waals surface area (Å²) in [6.45, 7) is 1.84. The lowest BCUT2D eigenvalue weighted by Crippen LogP contribution is -2.58. The number of nitrogens with one attached hydrogen (secondary N) is 1. The molecule has 2 aromatic heterocycles. The van der Waals surface area contributed by atoms with Crippen LogP contribution in [0.25, 0.3) is 16.9 Å². The fraction of sp³-hybridized carbons (Fsp3) is 0.429. The van der Waals surface area contributed by atoms with Crippen molar-refractivity contribution in [3.05, 3.63) is 47.7 Å². The van der Waals surface area contributed by atoms with Gasteiger partial charge in [0.05, 0.1) is 22.4 Å². The van der Waals surface area contributed by atoms with E-state index < -0.39 is 5.60 Å². The molecule has 6 rings (SSSR count). The van der Waals surface area contributed by atoms with Gasteiger partial charge in [-0.3, -0.25) is 4.79 Å². The van der Waals surface area contributed by atoms with E-state index in [-0.39, 0.29) is 23.2 Å². The summed E-state index contributed by atoms with van der Waals surface area (Å²) in [6.07, 6.45) is 7.49. The molecule has 0 aliphatic heterocycles. The van der Waals surface area contributed by atoms with Gasteiger partial charge in [-0.05, 0) is 57.6 Å². The Bertz CT molecular complexity index is 1080. The highest BCUT2D eigenvalue weighted by Gasteiger charge is 2.48. The van der Waals surface area contributed by atoms with E-state index in [0.717, 1.165) is 49.6 Å². The number of halogens is 1. The first kappa shape index (κ1) is 18.2. The van der Waals surface area contributed by atoms with E-state index >= 15 is 0 Å². The summed E-state index contributed by atoms with van der Waals surface area (Å²) in [5.41, 5.74) is 0.914. The average Bonchev–Trinajstić information content (AvgIpc) is 3.05. The van der Waals surface area contributed by atoms with Crippen LogP contribution < -0.4 is 5.32 Å². The van der Waals surface area contributed by atoms with E-state index in [1.807, 2.05) is 6.92 Å². The molecule has 3 aliphatic rings. The lowest BCUT2D eigenvalue weighted by atomic mass is 9.63. The van der Waals surface area contributed by atoms with Crippen LogP contribution in [0.3, 0.4) is 0 Å². The number of carbonyl (C=O) groups is 1. The van der Waals surface area contributed by atoms with Gasteiger partial charge in [0, 0.05) is 29.4 Å². The topological polar surface area (TPSA) is 92.9 Å². The third-order valence-corrected chi connectivity index (χ3v) is 6.50. The van der Waals surface area contributed by atoms with Crippen molar-refractivity contribution < 1.29 is 14.3 Å². The molecule has 0 spiro atoms. The van der Waals surface area contributed by atoms with Crippen LogP contribution in [0.4, 0.5) is 4.39 Å². The number of carbonyl (C=O) groups excluding carboxylic acids is 1. The van der Waals surface area contributed by atoms with Gasteiger partial charge in [-0.25, -0.2) is 14.4 Å². The Labute approximate surface area is 167 Å². The van der Waals surface area contributed by atoms with Crippen LogP contribution in [-0.2, 0) is 0 Å². The molecular formula is C21H22FN5O2. The summed E-state index contributed by atoms with van der Waals surface area (Å²) >= 11 is 0. The molecule has 1 aromatic carbocycles. The van der Waals surface area contributed by atoms with Crippen molar-refractivity contribution in [3.8, 4) is 5.95 Å². The molecule has 150 valence electrons. The molecule has 1 amide bonds. The summed E-state index contributed by atoms with van der Waals surface area (Å²) in [7, 11) is 0. The van der Waals surface area contributed by atoms with Gasteiger partial charge in [0.15, 0.2) is 0 Å². The Morgan fingerprint density at radius 2 is 1.79 bits per heavy atom. The van der Waals surface area contributed by atoms with E-state index in [0.29, 0.717) is 11.1 Å². The number of amides is 1. The standard InChI is InChI=1S/C21H22FN5O2/c1-13-16-3-2-15(22)10-17(16)27(26-13)19-23-11-14(12-24-19)18(28)25-20-4-7-21(29,8-5-20)9-6-20/h2-3,10-12,29H,4-9H2,1H3,(H,25,28). The fourth-order valence-corrected chi connectivity index (χ4v) is 4.61. The van der Waals surface area contributed by atoms with Crippen LogP contribution in [0, 0.1) is 12.7 Å². The number of aryl methyl sites for hydroxylation is 1. The number of aliphatic hydroxyl groups is 1. The molecule has 0 atom stereocenters. The maximum Gasteiger partial charge on any atom is 0.254 e. The van der Waals surface area contributed by atoms with Crippen molar-refractivity contribution in [1.29, 1.82) is 0 Å². The van der Waals surface area contributed by atoms with Crippen LogP contribution in [-0.4, -0.2) is 41.9 Å². The summed E-state index contributed by atoms with van der Waals surface area (Å²) in [6, 6.07) is 4.47. The first-order valence-electron chi connectivity index (χ1n) is 9.89. The summed E-state index contributed by atoms with van der Waals surface area (Å²) in [5.74, 6) is -0.291. The van der Waals surface area contributed by atoms with Crippen molar-refractivity contribution in [1.82, 2.24) is 25.1 Å². The summed E-state index contributed by atoms with van der Waals surface area (Å²) in [4.78, 5) is 21.3. The van der Waals surface area contributed by atoms with E-state index in [1.54, 1.807) is 6.07 Å². The number of aromatic nitrogens is 4. The van der Waals surface area contributed by atoms with Gasteiger partial charge >= 0.3 is 0 Å². The Morgan fingerprint density at radius 3 is 2.45 bits per heavy atom. The largest absolute Gasteiger partial charge is 0.390 e. The Morgan fingerprint density at radius 1 is 1.14 bits per heavy atom. The second kappa shape index (κ2) is 6.32. The molecule has 29 heavy (non-hydrogen) atoms. The predicted octanol–water partition coefficient (Wildman–Crippen LogP) is 2.83. The lowest BCUT2D eigenvalue weighted by Gasteiger charge is -2.51. The van der Waals surface area contributed by atoms with Crippen LogP contribution in [0.1, 0.15) is 54.6 Å². The number of hydrogen-bond donors (Lipinski definition) is 2. The number of benzene rings is 1. The SMILES string of the molecule is Cc1nn(-c2ncc(C(=O)NC34CCC(O)(CC3)CC4)cn2)c2cc(F)ccc12. The molecule has 8 heteroatoms. The van der Waals surface area contributed by atoms with Gasteiger partial charge in [-0.2, -0.15) is 9.78 Å². The Balaban J connectivity index is 1.38. The van der Waals surface area contributed by atoms with Crippen LogP contribution in [0.2, 0.25) is 0 Å². The molecule has 3 aromatic rings. The maximum absolute atomic E-state index is 13.7. The zero-order chi connectivity index (χ0) is 20.2. The van der Waals surface area contributed by atoms with Gasteiger partial charge in [-0.1, -0.05) is 0 Å². The molecule has 3 saturated carbocycles. The Hall–Kier alpha value is -2.87. The second-order valence-corrected chi connectivity index (χ2v) is 8.39. The van der Waals surface area contributed by atoms with Gasteiger partial charge in [0.1, 0.15) is 5.82 Å². The van der Waals surface area contributed by atoms with Crippen LogP contribution >= 0.6 is 0 Å². The molecular weight excluding hydrogens is 373 g/mol.